The largest absolute Gasteiger partial charge is 0.497 e. The van der Waals surface area contributed by atoms with Crippen LogP contribution in [0.2, 0.25) is 0 Å². The smallest absolute Gasteiger partial charge is 0.269 e. The Balaban J connectivity index is 1.66. The Bertz CT molecular complexity index is 1010. The second-order valence-corrected chi connectivity index (χ2v) is 7.35. The molecule has 1 aliphatic heterocycles. The maximum atomic E-state index is 13.1. The Morgan fingerprint density at radius 2 is 1.62 bits per heavy atom. The Kier molecular flexibility index (Phi) is 4.88. The van der Waals surface area contributed by atoms with Gasteiger partial charge < -0.3 is 10.1 Å². The van der Waals surface area contributed by atoms with Crippen molar-refractivity contribution in [2.45, 2.75) is 31.1 Å². The summed E-state index contributed by atoms with van der Waals surface area (Å²) >= 11 is 0. The quantitative estimate of drug-likeness (QED) is 0.633. The highest BCUT2D eigenvalue weighted by Crippen LogP contribution is 2.42. The molecule has 0 aromatic heterocycles. The lowest BCUT2D eigenvalue weighted by Crippen LogP contribution is -2.38. The summed E-state index contributed by atoms with van der Waals surface area (Å²) in [6.45, 7) is 0. The number of carbonyl (C=O) groups is 2. The van der Waals surface area contributed by atoms with Crippen molar-refractivity contribution in [1.82, 2.24) is 5.32 Å². The molecule has 148 valence electrons. The minimum atomic E-state index is -0.465. The van der Waals surface area contributed by atoms with Crippen molar-refractivity contribution in [3.8, 4) is 5.75 Å². The van der Waals surface area contributed by atoms with Crippen LogP contribution in [-0.2, 0) is 9.59 Å². The number of ketones is 1. The van der Waals surface area contributed by atoms with Gasteiger partial charge in [-0.25, -0.2) is 0 Å². The number of methoxy groups -OCH3 is 1. The molecule has 2 aromatic rings. The average molecular weight is 392 g/mol. The van der Waals surface area contributed by atoms with E-state index in [4.69, 9.17) is 4.74 Å². The van der Waals surface area contributed by atoms with Gasteiger partial charge in [0.05, 0.1) is 12.0 Å². The van der Waals surface area contributed by atoms with Gasteiger partial charge in [-0.05, 0) is 35.6 Å². The molecule has 7 nitrogen and oxygen atoms in total. The number of ether oxygens (including phenoxy) is 1. The molecular weight excluding hydrogens is 372 g/mol. The fourth-order valence-corrected chi connectivity index (χ4v) is 4.19. The van der Waals surface area contributed by atoms with E-state index >= 15 is 0 Å². The number of hydrogen-bond acceptors (Lipinski definition) is 5. The predicted octanol–water partition coefficient (Wildman–Crippen LogP) is 3.61. The molecule has 0 saturated carbocycles. The Morgan fingerprint density at radius 3 is 2.24 bits per heavy atom. The molecule has 1 aliphatic carbocycles. The highest BCUT2D eigenvalue weighted by Gasteiger charge is 2.38. The van der Waals surface area contributed by atoms with Crippen LogP contribution in [0.4, 0.5) is 5.69 Å². The monoisotopic (exact) mass is 392 g/mol. The number of nitro groups is 1. The Morgan fingerprint density at radius 1 is 0.966 bits per heavy atom. The first-order chi connectivity index (χ1) is 14.0. The summed E-state index contributed by atoms with van der Waals surface area (Å²) in [6, 6.07) is 13.7. The van der Waals surface area contributed by atoms with E-state index in [1.807, 2.05) is 24.3 Å². The summed E-state index contributed by atoms with van der Waals surface area (Å²) in [7, 11) is 1.60. The number of Topliss-reactive ketones (excluding diaryl/α,β-unsaturated/α-hetero) is 1. The zero-order chi connectivity index (χ0) is 20.5. The van der Waals surface area contributed by atoms with Crippen molar-refractivity contribution in [1.29, 1.82) is 0 Å². The van der Waals surface area contributed by atoms with Crippen molar-refractivity contribution in [3.05, 3.63) is 81.0 Å². The molecular formula is C22H20N2O5. The molecule has 1 amide bonds. The van der Waals surface area contributed by atoms with E-state index in [2.05, 4.69) is 5.32 Å². The second-order valence-electron chi connectivity index (χ2n) is 7.35. The van der Waals surface area contributed by atoms with E-state index in [0.29, 0.717) is 24.1 Å². The van der Waals surface area contributed by atoms with Gasteiger partial charge in [0.15, 0.2) is 5.78 Å². The number of benzene rings is 2. The number of nitro benzene ring substituents is 1. The first kappa shape index (κ1) is 18.9. The molecule has 2 aromatic carbocycles. The first-order valence-corrected chi connectivity index (χ1v) is 9.40. The number of allylic oxidation sites excluding steroid dienone is 2. The fraction of sp³-hybridized carbons (Fsp3) is 0.273. The van der Waals surface area contributed by atoms with Crippen LogP contribution in [0, 0.1) is 10.1 Å². The normalized spacial score (nSPS) is 21.4. The van der Waals surface area contributed by atoms with E-state index in [1.54, 1.807) is 19.2 Å². The topological polar surface area (TPSA) is 98.5 Å². The lowest BCUT2D eigenvalue weighted by atomic mass is 9.73. The molecule has 0 fully saturated rings. The average Bonchev–Trinajstić information content (AvgIpc) is 2.73. The van der Waals surface area contributed by atoms with Gasteiger partial charge in [-0.1, -0.05) is 24.3 Å². The molecule has 2 unspecified atom stereocenters. The van der Waals surface area contributed by atoms with Gasteiger partial charge in [-0.3, -0.25) is 19.7 Å². The van der Waals surface area contributed by atoms with Crippen LogP contribution >= 0.6 is 0 Å². The van der Waals surface area contributed by atoms with Crippen LogP contribution in [0.1, 0.15) is 42.2 Å². The van der Waals surface area contributed by atoms with E-state index in [0.717, 1.165) is 16.9 Å². The maximum Gasteiger partial charge on any atom is 0.269 e. The minimum Gasteiger partial charge on any atom is -0.497 e. The molecule has 1 heterocycles. The van der Waals surface area contributed by atoms with Gasteiger partial charge in [-0.2, -0.15) is 0 Å². The van der Waals surface area contributed by atoms with E-state index in [-0.39, 0.29) is 35.6 Å². The second kappa shape index (κ2) is 7.50. The van der Waals surface area contributed by atoms with Gasteiger partial charge in [-0.15, -0.1) is 0 Å². The number of nitrogens with zero attached hydrogens (tertiary/aromatic N) is 1. The highest BCUT2D eigenvalue weighted by atomic mass is 16.6. The molecule has 0 spiro atoms. The summed E-state index contributed by atoms with van der Waals surface area (Å²) in [5, 5.41) is 13.8. The molecule has 0 bridgehead atoms. The Labute approximate surface area is 167 Å². The van der Waals surface area contributed by atoms with Gasteiger partial charge in [0.25, 0.3) is 5.69 Å². The van der Waals surface area contributed by atoms with Gasteiger partial charge in [0.2, 0.25) is 5.91 Å². The molecule has 0 radical (unpaired) electrons. The van der Waals surface area contributed by atoms with Gasteiger partial charge >= 0.3 is 0 Å². The van der Waals surface area contributed by atoms with Crippen LogP contribution in [0.5, 0.6) is 5.75 Å². The third-order valence-electron chi connectivity index (χ3n) is 5.63. The SMILES string of the molecule is COc1ccc(C2CC(=O)C3=C(C2)NC(=O)CC3c2ccc([N+](=O)[O-])cc2)cc1. The fourth-order valence-electron chi connectivity index (χ4n) is 4.19. The van der Waals surface area contributed by atoms with Crippen molar-refractivity contribution in [2.75, 3.05) is 7.11 Å². The Hall–Kier alpha value is -3.48. The number of rotatable bonds is 4. The lowest BCUT2D eigenvalue weighted by Gasteiger charge is -2.34. The number of hydrogen-bond donors (Lipinski definition) is 1. The zero-order valence-electron chi connectivity index (χ0n) is 15.9. The maximum absolute atomic E-state index is 13.1. The summed E-state index contributed by atoms with van der Waals surface area (Å²) in [6.07, 6.45) is 1.10. The summed E-state index contributed by atoms with van der Waals surface area (Å²) in [5.74, 6) is 0.234. The van der Waals surface area contributed by atoms with Crippen LogP contribution in [0.3, 0.4) is 0 Å². The molecule has 2 atom stereocenters. The predicted molar refractivity (Wildman–Crippen MR) is 106 cm³/mol. The van der Waals surface area contributed by atoms with Crippen LogP contribution in [0.25, 0.3) is 0 Å². The van der Waals surface area contributed by atoms with Gasteiger partial charge in [0, 0.05) is 42.2 Å². The molecule has 29 heavy (non-hydrogen) atoms. The summed E-state index contributed by atoms with van der Waals surface area (Å²) in [4.78, 5) is 35.8. The minimum absolute atomic E-state index is 0.00965. The third-order valence-corrected chi connectivity index (χ3v) is 5.63. The van der Waals surface area contributed by atoms with Crippen molar-refractivity contribution >= 4 is 17.4 Å². The summed E-state index contributed by atoms with van der Waals surface area (Å²) in [5.41, 5.74) is 3.05. The molecule has 4 rings (SSSR count). The lowest BCUT2D eigenvalue weighted by molar-refractivity contribution is -0.384. The molecule has 1 N–H and O–H groups in total. The van der Waals surface area contributed by atoms with Crippen molar-refractivity contribution in [2.24, 2.45) is 0 Å². The van der Waals surface area contributed by atoms with Gasteiger partial charge in [0.1, 0.15) is 5.75 Å². The van der Waals surface area contributed by atoms with E-state index in [1.165, 1.54) is 12.1 Å². The number of amides is 1. The molecule has 7 heteroatoms. The van der Waals surface area contributed by atoms with Crippen molar-refractivity contribution in [3.63, 3.8) is 0 Å². The van der Waals surface area contributed by atoms with E-state index in [9.17, 15) is 19.7 Å². The standard InChI is InChI=1S/C22H20N2O5/c1-29-17-8-4-13(5-9-17)15-10-19-22(20(25)11-15)18(12-21(26)23-19)14-2-6-16(7-3-14)24(27)28/h2-9,15,18H,10-12H2,1H3,(H,23,26). The molecule has 2 aliphatic rings. The molecule has 0 saturated heterocycles. The van der Waals surface area contributed by atoms with Crippen LogP contribution < -0.4 is 10.1 Å². The third kappa shape index (κ3) is 3.63. The number of carbonyl (C=O) groups excluding carboxylic acids is 2. The van der Waals surface area contributed by atoms with Crippen LogP contribution in [-0.4, -0.2) is 23.7 Å². The van der Waals surface area contributed by atoms with Crippen molar-refractivity contribution < 1.29 is 19.2 Å². The number of nitrogens with one attached hydrogen (secondary N) is 1. The van der Waals surface area contributed by atoms with E-state index < -0.39 is 4.92 Å². The van der Waals surface area contributed by atoms with Crippen LogP contribution in [0.15, 0.2) is 59.8 Å². The number of non-ortho nitro benzene ring substituents is 1. The summed E-state index contributed by atoms with van der Waals surface area (Å²) < 4.78 is 5.19. The first-order valence-electron chi connectivity index (χ1n) is 9.40. The highest BCUT2D eigenvalue weighted by molar-refractivity contribution is 6.02. The zero-order valence-corrected chi connectivity index (χ0v) is 15.9.